The van der Waals surface area contributed by atoms with E-state index in [1.807, 2.05) is 30.3 Å². The van der Waals surface area contributed by atoms with E-state index in [0.717, 1.165) is 5.56 Å². The topological polar surface area (TPSA) is 77.2 Å². The molecule has 1 heterocycles. The Morgan fingerprint density at radius 1 is 1.33 bits per heavy atom. The molecule has 1 aromatic heterocycles. The Bertz CT molecular complexity index is 646. The molecule has 1 aromatic carbocycles. The van der Waals surface area contributed by atoms with Crippen molar-refractivity contribution < 1.29 is 9.53 Å². The van der Waals surface area contributed by atoms with Gasteiger partial charge < -0.3 is 15.8 Å². The number of rotatable bonds is 5. The number of nitrogens with two attached hydrogens (primary N) is 1. The number of esters is 1. The molecule has 1 atom stereocenters. The fourth-order valence-corrected chi connectivity index (χ4v) is 2.10. The molecule has 0 radical (unpaired) electrons. The highest BCUT2D eigenvalue weighted by atomic mass is 32.1. The van der Waals surface area contributed by atoms with E-state index in [-0.39, 0.29) is 4.99 Å². The Labute approximate surface area is 128 Å². The number of hydrogen-bond acceptors (Lipinski definition) is 5. The molecule has 1 unspecified atom stereocenters. The smallest absolute Gasteiger partial charge is 0.332 e. The Hall–Kier alpha value is -2.47. The highest BCUT2D eigenvalue weighted by Gasteiger charge is 2.22. The Morgan fingerprint density at radius 3 is 2.67 bits per heavy atom. The largest absolute Gasteiger partial charge is 0.467 e. The van der Waals surface area contributed by atoms with Gasteiger partial charge >= 0.3 is 5.97 Å². The molecule has 0 aliphatic heterocycles. The summed E-state index contributed by atoms with van der Waals surface area (Å²) in [6.45, 7) is 0. The maximum absolute atomic E-state index is 12.0. The van der Waals surface area contributed by atoms with E-state index in [4.69, 9.17) is 22.7 Å². The predicted octanol–water partition coefficient (Wildman–Crippen LogP) is 2.04. The molecular formula is C15H15N3O2S. The van der Waals surface area contributed by atoms with Crippen molar-refractivity contribution >= 4 is 28.9 Å². The third-order valence-corrected chi connectivity index (χ3v) is 3.18. The molecule has 5 nitrogen and oxygen atoms in total. The Morgan fingerprint density at radius 2 is 2.05 bits per heavy atom. The third kappa shape index (κ3) is 3.55. The number of carbonyl (C=O) groups is 1. The van der Waals surface area contributed by atoms with Crippen LogP contribution in [0.1, 0.15) is 17.2 Å². The molecule has 0 bridgehead atoms. The SMILES string of the molecule is COC(=O)C(Nc1cnccc1C(N)=S)c1ccccc1. The number of aromatic nitrogens is 1. The molecular weight excluding hydrogens is 286 g/mol. The number of ether oxygens (including phenoxy) is 1. The van der Waals surface area contributed by atoms with Gasteiger partial charge in [-0.3, -0.25) is 4.98 Å². The summed E-state index contributed by atoms with van der Waals surface area (Å²) in [4.78, 5) is 16.3. The van der Waals surface area contributed by atoms with Gasteiger partial charge in [0.1, 0.15) is 4.99 Å². The van der Waals surface area contributed by atoms with Crippen molar-refractivity contribution in [2.75, 3.05) is 12.4 Å². The number of nitrogens with zero attached hydrogens (tertiary/aromatic N) is 1. The lowest BCUT2D eigenvalue weighted by atomic mass is 10.1. The molecule has 2 rings (SSSR count). The van der Waals surface area contributed by atoms with Gasteiger partial charge in [-0.1, -0.05) is 42.5 Å². The summed E-state index contributed by atoms with van der Waals surface area (Å²) in [6.07, 6.45) is 3.17. The lowest BCUT2D eigenvalue weighted by molar-refractivity contribution is -0.141. The van der Waals surface area contributed by atoms with Crippen molar-refractivity contribution in [2.45, 2.75) is 6.04 Å². The highest BCUT2D eigenvalue weighted by Crippen LogP contribution is 2.23. The molecule has 2 aromatic rings. The second-order valence-electron chi connectivity index (χ2n) is 4.30. The summed E-state index contributed by atoms with van der Waals surface area (Å²) in [5.41, 5.74) is 7.68. The van der Waals surface area contributed by atoms with E-state index in [9.17, 15) is 4.79 Å². The molecule has 0 fully saturated rings. The third-order valence-electron chi connectivity index (χ3n) is 2.96. The number of anilines is 1. The first-order chi connectivity index (χ1) is 10.1. The average molecular weight is 301 g/mol. The van der Waals surface area contributed by atoms with E-state index in [1.54, 1.807) is 18.5 Å². The fourth-order valence-electron chi connectivity index (χ4n) is 1.92. The summed E-state index contributed by atoms with van der Waals surface area (Å²) in [5, 5.41) is 3.09. The highest BCUT2D eigenvalue weighted by molar-refractivity contribution is 7.80. The molecule has 3 N–H and O–H groups in total. The monoisotopic (exact) mass is 301 g/mol. The number of thiocarbonyl (C=S) groups is 1. The zero-order chi connectivity index (χ0) is 15.2. The first-order valence-corrected chi connectivity index (χ1v) is 6.67. The van der Waals surface area contributed by atoms with Crippen molar-refractivity contribution in [2.24, 2.45) is 5.73 Å². The molecule has 21 heavy (non-hydrogen) atoms. The lowest BCUT2D eigenvalue weighted by Gasteiger charge is -2.19. The van der Waals surface area contributed by atoms with E-state index < -0.39 is 12.0 Å². The average Bonchev–Trinajstić information content (AvgIpc) is 2.53. The molecule has 108 valence electrons. The predicted molar refractivity (Wildman–Crippen MR) is 84.9 cm³/mol. The minimum atomic E-state index is -0.659. The van der Waals surface area contributed by atoms with Gasteiger partial charge in [0.15, 0.2) is 6.04 Å². The summed E-state index contributed by atoms with van der Waals surface area (Å²) in [6, 6.07) is 10.3. The van der Waals surface area contributed by atoms with E-state index >= 15 is 0 Å². The van der Waals surface area contributed by atoms with Crippen LogP contribution in [0.5, 0.6) is 0 Å². The van der Waals surface area contributed by atoms with Crippen LogP contribution in [0.15, 0.2) is 48.8 Å². The first kappa shape index (κ1) is 14.9. The lowest BCUT2D eigenvalue weighted by Crippen LogP contribution is -2.24. The quantitative estimate of drug-likeness (QED) is 0.650. The zero-order valence-electron chi connectivity index (χ0n) is 11.4. The van der Waals surface area contributed by atoms with Crippen LogP contribution in [-0.4, -0.2) is 23.1 Å². The second-order valence-corrected chi connectivity index (χ2v) is 4.74. The first-order valence-electron chi connectivity index (χ1n) is 6.26. The van der Waals surface area contributed by atoms with Crippen molar-refractivity contribution in [3.05, 3.63) is 59.9 Å². The standard InChI is InChI=1S/C15H15N3O2S/c1-20-15(19)13(10-5-3-2-4-6-10)18-12-9-17-8-7-11(12)14(16)21/h2-9,13,18H,1H3,(H2,16,21). The number of hydrogen-bond donors (Lipinski definition) is 2. The van der Waals surface area contributed by atoms with Gasteiger partial charge in [0.05, 0.1) is 19.0 Å². The Balaban J connectivity index is 2.37. The minimum absolute atomic E-state index is 0.233. The van der Waals surface area contributed by atoms with Crippen molar-refractivity contribution in [3.8, 4) is 0 Å². The molecule has 0 amide bonds. The van der Waals surface area contributed by atoms with E-state index in [2.05, 4.69) is 10.3 Å². The Kier molecular flexibility index (Phi) is 4.84. The normalized spacial score (nSPS) is 11.5. The zero-order valence-corrected chi connectivity index (χ0v) is 12.3. The number of pyridine rings is 1. The molecule has 0 aliphatic rings. The van der Waals surface area contributed by atoms with Crippen LogP contribution in [0, 0.1) is 0 Å². The van der Waals surface area contributed by atoms with Gasteiger partial charge in [0, 0.05) is 11.8 Å². The van der Waals surface area contributed by atoms with Crippen LogP contribution >= 0.6 is 12.2 Å². The van der Waals surface area contributed by atoms with Crippen LogP contribution in [0.3, 0.4) is 0 Å². The van der Waals surface area contributed by atoms with Gasteiger partial charge in [-0.25, -0.2) is 4.79 Å². The molecule has 0 aliphatic carbocycles. The van der Waals surface area contributed by atoms with Gasteiger partial charge in [0.2, 0.25) is 0 Å². The van der Waals surface area contributed by atoms with Gasteiger partial charge in [0.25, 0.3) is 0 Å². The van der Waals surface area contributed by atoms with Crippen molar-refractivity contribution in [1.29, 1.82) is 0 Å². The maximum Gasteiger partial charge on any atom is 0.332 e. The molecule has 0 spiro atoms. The van der Waals surface area contributed by atoms with Gasteiger partial charge in [-0.15, -0.1) is 0 Å². The van der Waals surface area contributed by atoms with Crippen LogP contribution < -0.4 is 11.1 Å². The fraction of sp³-hybridized carbons (Fsp3) is 0.133. The van der Waals surface area contributed by atoms with Crippen LogP contribution in [0.4, 0.5) is 5.69 Å². The van der Waals surface area contributed by atoms with E-state index in [1.165, 1.54) is 7.11 Å². The van der Waals surface area contributed by atoms with Gasteiger partial charge in [-0.05, 0) is 11.6 Å². The summed E-state index contributed by atoms with van der Waals surface area (Å²) >= 11 is 5.01. The second kappa shape index (κ2) is 6.81. The summed E-state index contributed by atoms with van der Waals surface area (Å²) in [7, 11) is 1.34. The van der Waals surface area contributed by atoms with Crippen LogP contribution in [0.25, 0.3) is 0 Å². The molecule has 0 saturated carbocycles. The number of methoxy groups -OCH3 is 1. The van der Waals surface area contributed by atoms with E-state index in [0.29, 0.717) is 11.3 Å². The number of benzene rings is 1. The summed E-state index contributed by atoms with van der Waals surface area (Å²) in [5.74, 6) is -0.404. The van der Waals surface area contributed by atoms with Gasteiger partial charge in [-0.2, -0.15) is 0 Å². The number of nitrogens with one attached hydrogen (secondary N) is 1. The number of carbonyl (C=O) groups excluding carboxylic acids is 1. The molecule has 0 saturated heterocycles. The summed E-state index contributed by atoms with van der Waals surface area (Å²) < 4.78 is 4.85. The van der Waals surface area contributed by atoms with Crippen molar-refractivity contribution in [1.82, 2.24) is 4.98 Å². The molecule has 6 heteroatoms. The maximum atomic E-state index is 12.0. The van der Waals surface area contributed by atoms with Crippen molar-refractivity contribution in [3.63, 3.8) is 0 Å². The van der Waals surface area contributed by atoms with Crippen LogP contribution in [0.2, 0.25) is 0 Å². The minimum Gasteiger partial charge on any atom is -0.467 e. The van der Waals surface area contributed by atoms with Crippen LogP contribution in [-0.2, 0) is 9.53 Å².